The maximum atomic E-state index is 6.56. The second-order valence-electron chi connectivity index (χ2n) is 14.4. The monoisotopic (exact) mass is 729 g/mol. The van der Waals surface area contributed by atoms with Gasteiger partial charge in [0.15, 0.2) is 11.6 Å². The van der Waals surface area contributed by atoms with Gasteiger partial charge in [-0.2, -0.15) is 9.97 Å². The lowest BCUT2D eigenvalue weighted by Crippen LogP contribution is -2.07. The first-order chi connectivity index (χ1) is 28.3. The average molecular weight is 730 g/mol. The predicted molar refractivity (Wildman–Crippen MR) is 232 cm³/mol. The maximum Gasteiger partial charge on any atom is 0.238 e. The summed E-state index contributed by atoms with van der Waals surface area (Å²) in [5.74, 6) is 1.69. The van der Waals surface area contributed by atoms with Crippen LogP contribution in [0.15, 0.2) is 192 Å². The first kappa shape index (κ1) is 31.5. The maximum absolute atomic E-state index is 6.56. The highest BCUT2D eigenvalue weighted by Gasteiger charge is 2.25. The van der Waals surface area contributed by atoms with E-state index in [1.54, 1.807) is 0 Å². The van der Waals surface area contributed by atoms with Crippen LogP contribution in [0.5, 0.6) is 0 Å². The molecule has 12 rings (SSSR count). The van der Waals surface area contributed by atoms with Gasteiger partial charge in [0, 0.05) is 49.1 Å². The molecule has 57 heavy (non-hydrogen) atoms. The molecule has 0 amide bonds. The molecular weight excluding hydrogens is 699 g/mol. The van der Waals surface area contributed by atoms with Crippen molar-refractivity contribution in [1.82, 2.24) is 24.1 Å². The van der Waals surface area contributed by atoms with E-state index in [-0.39, 0.29) is 0 Å². The minimum absolute atomic E-state index is 0.538. The SMILES string of the molecule is c1ccc(-c2nc(-c3cccc4oc5cccc(-c6ccccc6)c5c34)nc(-n3c4ccccc4c4ccc5c6ccccc6n(-c6ccccc6)c5c43)n2)cc1. The molecule has 0 unspecified atom stereocenters. The molecule has 0 spiro atoms. The Morgan fingerprint density at radius 3 is 1.53 bits per heavy atom. The van der Waals surface area contributed by atoms with Crippen LogP contribution in [0, 0.1) is 0 Å². The van der Waals surface area contributed by atoms with E-state index in [0.29, 0.717) is 17.6 Å². The molecule has 4 heterocycles. The van der Waals surface area contributed by atoms with E-state index in [4.69, 9.17) is 19.4 Å². The highest BCUT2D eigenvalue weighted by atomic mass is 16.3. The lowest BCUT2D eigenvalue weighted by Gasteiger charge is -2.13. The first-order valence-corrected chi connectivity index (χ1v) is 19.1. The van der Waals surface area contributed by atoms with Gasteiger partial charge in [0.2, 0.25) is 5.95 Å². The van der Waals surface area contributed by atoms with E-state index in [1.165, 1.54) is 5.39 Å². The summed E-state index contributed by atoms with van der Waals surface area (Å²) in [4.78, 5) is 16.1. The second kappa shape index (κ2) is 12.3. The number of nitrogens with zero attached hydrogens (tertiary/aromatic N) is 5. The number of rotatable bonds is 5. The molecule has 0 aliphatic carbocycles. The van der Waals surface area contributed by atoms with E-state index in [9.17, 15) is 0 Å². The van der Waals surface area contributed by atoms with Gasteiger partial charge >= 0.3 is 0 Å². The molecule has 0 fully saturated rings. The van der Waals surface area contributed by atoms with Gasteiger partial charge in [0.05, 0.1) is 22.1 Å². The van der Waals surface area contributed by atoms with Gasteiger partial charge in [0.1, 0.15) is 11.2 Å². The molecule has 0 N–H and O–H groups in total. The molecule has 266 valence electrons. The van der Waals surface area contributed by atoms with E-state index < -0.39 is 0 Å². The van der Waals surface area contributed by atoms with Crippen LogP contribution in [0.1, 0.15) is 0 Å². The Morgan fingerprint density at radius 2 is 0.860 bits per heavy atom. The molecule has 6 heteroatoms. The van der Waals surface area contributed by atoms with Gasteiger partial charge < -0.3 is 8.98 Å². The van der Waals surface area contributed by atoms with Gasteiger partial charge in [-0.25, -0.2) is 4.98 Å². The Balaban J connectivity index is 1.23. The molecule has 0 aliphatic heterocycles. The molecule has 0 bridgehead atoms. The van der Waals surface area contributed by atoms with Crippen LogP contribution < -0.4 is 0 Å². The zero-order valence-electron chi connectivity index (χ0n) is 30.5. The first-order valence-electron chi connectivity index (χ1n) is 19.1. The Morgan fingerprint density at radius 1 is 0.351 bits per heavy atom. The van der Waals surface area contributed by atoms with Crippen molar-refractivity contribution >= 4 is 65.6 Å². The number of hydrogen-bond acceptors (Lipinski definition) is 4. The standard InChI is InChI=1S/C51H31N5O/c1-4-16-32(17-5-1)35-24-14-28-43-45(35)46-40(25-15-29-44(46)57-43)50-52-49(33-18-6-2-7-19-33)53-51(54-50)56-42-27-13-11-23-37(42)39-31-30-38-36-22-10-12-26-41(36)55(47(38)48(39)56)34-20-8-3-9-21-34/h1-31H. The Labute approximate surface area is 326 Å². The predicted octanol–water partition coefficient (Wildman–Crippen LogP) is 13.0. The van der Waals surface area contributed by atoms with E-state index in [1.807, 2.05) is 42.5 Å². The summed E-state index contributed by atoms with van der Waals surface area (Å²) in [7, 11) is 0. The summed E-state index contributed by atoms with van der Waals surface area (Å²) in [5.41, 5.74) is 10.9. The summed E-state index contributed by atoms with van der Waals surface area (Å²) in [6.45, 7) is 0. The summed E-state index contributed by atoms with van der Waals surface area (Å²) in [5, 5.41) is 6.59. The third kappa shape index (κ3) is 4.74. The Kier molecular flexibility index (Phi) is 6.83. The van der Waals surface area contributed by atoms with E-state index >= 15 is 0 Å². The molecule has 0 atom stereocenters. The summed E-state index contributed by atoms with van der Waals surface area (Å²) >= 11 is 0. The largest absolute Gasteiger partial charge is 0.456 e. The highest BCUT2D eigenvalue weighted by Crippen LogP contribution is 2.43. The van der Waals surface area contributed by atoms with Crippen molar-refractivity contribution in [2.75, 3.05) is 0 Å². The van der Waals surface area contributed by atoms with Gasteiger partial charge in [-0.15, -0.1) is 0 Å². The van der Waals surface area contributed by atoms with Crippen LogP contribution in [0.4, 0.5) is 0 Å². The molecule has 0 saturated heterocycles. The fourth-order valence-corrected chi connectivity index (χ4v) is 8.77. The van der Waals surface area contributed by atoms with Crippen molar-refractivity contribution in [1.29, 1.82) is 0 Å². The van der Waals surface area contributed by atoms with Crippen molar-refractivity contribution in [3.63, 3.8) is 0 Å². The lowest BCUT2D eigenvalue weighted by molar-refractivity contribution is 0.669. The van der Waals surface area contributed by atoms with Crippen LogP contribution in [0.3, 0.4) is 0 Å². The van der Waals surface area contributed by atoms with Crippen molar-refractivity contribution in [3.8, 4) is 45.5 Å². The van der Waals surface area contributed by atoms with Crippen LogP contribution in [-0.2, 0) is 0 Å². The topological polar surface area (TPSA) is 61.7 Å². The van der Waals surface area contributed by atoms with Crippen LogP contribution in [-0.4, -0.2) is 24.1 Å². The molecule has 0 aliphatic rings. The number of para-hydroxylation sites is 3. The average Bonchev–Trinajstić information content (AvgIpc) is 3.95. The number of aromatic nitrogens is 5. The zero-order chi connectivity index (χ0) is 37.5. The van der Waals surface area contributed by atoms with Crippen molar-refractivity contribution < 1.29 is 4.42 Å². The molecular formula is C51H31N5O. The minimum Gasteiger partial charge on any atom is -0.456 e. The molecule has 12 aromatic rings. The molecule has 8 aromatic carbocycles. The normalized spacial score (nSPS) is 11.9. The zero-order valence-corrected chi connectivity index (χ0v) is 30.5. The van der Waals surface area contributed by atoms with Crippen molar-refractivity contribution in [2.45, 2.75) is 0 Å². The van der Waals surface area contributed by atoms with Gasteiger partial charge in [-0.3, -0.25) is 4.57 Å². The fraction of sp³-hybridized carbons (Fsp3) is 0. The minimum atomic E-state index is 0.538. The van der Waals surface area contributed by atoms with E-state index in [2.05, 4.69) is 155 Å². The lowest BCUT2D eigenvalue weighted by atomic mass is 9.97. The van der Waals surface area contributed by atoms with Crippen LogP contribution >= 0.6 is 0 Å². The fourth-order valence-electron chi connectivity index (χ4n) is 8.77. The quantitative estimate of drug-likeness (QED) is 0.177. The van der Waals surface area contributed by atoms with Crippen LogP contribution in [0.25, 0.3) is 111 Å². The molecule has 6 nitrogen and oxygen atoms in total. The summed E-state index contributed by atoms with van der Waals surface area (Å²) in [6, 6.07) is 65.4. The summed E-state index contributed by atoms with van der Waals surface area (Å²) in [6.07, 6.45) is 0. The van der Waals surface area contributed by atoms with Crippen LogP contribution in [0.2, 0.25) is 0 Å². The number of fused-ring (bicyclic) bond motifs is 10. The number of furan rings is 1. The van der Waals surface area contributed by atoms with Crippen molar-refractivity contribution in [2.24, 2.45) is 0 Å². The molecule has 4 aromatic heterocycles. The molecule has 0 saturated carbocycles. The van der Waals surface area contributed by atoms with E-state index in [0.717, 1.165) is 88.1 Å². The van der Waals surface area contributed by atoms with Gasteiger partial charge in [0.25, 0.3) is 0 Å². The summed E-state index contributed by atoms with van der Waals surface area (Å²) < 4.78 is 11.2. The number of benzene rings is 8. The third-order valence-corrected chi connectivity index (χ3v) is 11.2. The second-order valence-corrected chi connectivity index (χ2v) is 14.4. The Hall–Kier alpha value is -7.83. The highest BCUT2D eigenvalue weighted by molar-refractivity contribution is 6.24. The third-order valence-electron chi connectivity index (χ3n) is 11.2. The Bertz CT molecular complexity index is 3510. The van der Waals surface area contributed by atoms with Crippen molar-refractivity contribution in [3.05, 3.63) is 188 Å². The number of hydrogen-bond donors (Lipinski definition) is 0. The molecule has 0 radical (unpaired) electrons. The smallest absolute Gasteiger partial charge is 0.238 e. The van der Waals surface area contributed by atoms with Gasteiger partial charge in [-0.05, 0) is 47.5 Å². The van der Waals surface area contributed by atoms with Gasteiger partial charge in [-0.1, -0.05) is 152 Å².